The molecule has 0 spiro atoms. The molecular formula is C32H48N2O4. The fourth-order valence-electron chi connectivity index (χ4n) is 9.78. The maximum Gasteiger partial charge on any atom is 0.224 e. The molecule has 6 heteroatoms. The molecule has 38 heavy (non-hydrogen) atoms. The van der Waals surface area contributed by atoms with Crippen LogP contribution in [-0.4, -0.2) is 34.2 Å². The van der Waals surface area contributed by atoms with E-state index in [1.165, 1.54) is 26.2 Å². The minimum Gasteiger partial charge on any atom is -0.393 e. The molecule has 0 bridgehead atoms. The molecule has 10 atom stereocenters. The van der Waals surface area contributed by atoms with E-state index in [0.29, 0.717) is 47.6 Å². The van der Waals surface area contributed by atoms with E-state index < -0.39 is 0 Å². The summed E-state index contributed by atoms with van der Waals surface area (Å²) in [5.74, 6) is 3.11. The highest BCUT2D eigenvalue weighted by molar-refractivity contribution is 5.92. The molecule has 1 aromatic rings. The quantitative estimate of drug-likeness (QED) is 0.367. The number of nitrogens with one attached hydrogen (secondary N) is 2. The van der Waals surface area contributed by atoms with E-state index in [-0.39, 0.29) is 34.9 Å². The van der Waals surface area contributed by atoms with E-state index in [2.05, 4.69) is 31.4 Å². The summed E-state index contributed by atoms with van der Waals surface area (Å²) >= 11 is 0. The summed E-state index contributed by atoms with van der Waals surface area (Å²) in [5.41, 5.74) is 1.63. The Bertz CT molecular complexity index is 1030. The smallest absolute Gasteiger partial charge is 0.224 e. The molecule has 4 aliphatic carbocycles. The summed E-state index contributed by atoms with van der Waals surface area (Å²) in [7, 11) is 0. The van der Waals surface area contributed by atoms with E-state index in [1.807, 2.05) is 12.1 Å². The van der Waals surface area contributed by atoms with Crippen LogP contribution in [0.4, 0.5) is 11.4 Å². The first-order valence-corrected chi connectivity index (χ1v) is 15.1. The monoisotopic (exact) mass is 524 g/mol. The summed E-state index contributed by atoms with van der Waals surface area (Å²) in [5, 5.41) is 27.8. The largest absolute Gasteiger partial charge is 0.393 e. The molecule has 4 fully saturated rings. The van der Waals surface area contributed by atoms with Crippen molar-refractivity contribution in [3.63, 3.8) is 0 Å². The first-order valence-electron chi connectivity index (χ1n) is 15.1. The third kappa shape index (κ3) is 4.92. The Hall–Kier alpha value is -1.92. The highest BCUT2D eigenvalue weighted by atomic mass is 16.3. The van der Waals surface area contributed by atoms with Gasteiger partial charge in [-0.05, 0) is 128 Å². The standard InChI is InChI=1S/C32H48N2O4/c1-19(5-14-30(38)34-23-9-7-22(8-10-23)33-20(2)35)26-12-13-27-25-11-6-21-17-24(36)15-16-31(21,3)28(25)18-29(37)32(26,27)4/h7-10,19,21,24-29,36-37H,5-6,11-18H2,1-4H3,(H,33,35)(H,34,38). The molecule has 4 N–H and O–H groups in total. The molecule has 6 nitrogen and oxygen atoms in total. The Morgan fingerprint density at radius 2 is 1.63 bits per heavy atom. The lowest BCUT2D eigenvalue weighted by molar-refractivity contribution is -0.174. The topological polar surface area (TPSA) is 98.7 Å². The Kier molecular flexibility index (Phi) is 7.69. The van der Waals surface area contributed by atoms with Crippen LogP contribution in [0.1, 0.15) is 91.9 Å². The number of hydrogen-bond acceptors (Lipinski definition) is 4. The van der Waals surface area contributed by atoms with Crippen LogP contribution in [0.15, 0.2) is 24.3 Å². The highest BCUT2D eigenvalue weighted by Gasteiger charge is 2.63. The number of benzene rings is 1. The van der Waals surface area contributed by atoms with Gasteiger partial charge in [0.15, 0.2) is 0 Å². The third-order valence-electron chi connectivity index (χ3n) is 11.8. The van der Waals surface area contributed by atoms with Gasteiger partial charge in [0.05, 0.1) is 12.2 Å². The molecule has 1 aromatic carbocycles. The average Bonchev–Trinajstić information content (AvgIpc) is 3.23. The van der Waals surface area contributed by atoms with Crippen molar-refractivity contribution in [2.45, 2.75) is 104 Å². The first kappa shape index (κ1) is 27.6. The zero-order valence-electron chi connectivity index (χ0n) is 23.7. The van der Waals surface area contributed by atoms with Gasteiger partial charge >= 0.3 is 0 Å². The van der Waals surface area contributed by atoms with Gasteiger partial charge in [-0.3, -0.25) is 9.59 Å². The fourth-order valence-corrected chi connectivity index (χ4v) is 9.78. The number of fused-ring (bicyclic) bond motifs is 5. The Morgan fingerprint density at radius 1 is 0.947 bits per heavy atom. The van der Waals surface area contributed by atoms with Crippen molar-refractivity contribution in [3.8, 4) is 0 Å². The fraction of sp³-hybridized carbons (Fsp3) is 0.750. The van der Waals surface area contributed by atoms with Gasteiger partial charge in [0.1, 0.15) is 0 Å². The molecule has 0 aromatic heterocycles. The Balaban J connectivity index is 1.20. The second kappa shape index (κ2) is 10.6. The van der Waals surface area contributed by atoms with E-state index in [9.17, 15) is 19.8 Å². The second-order valence-electron chi connectivity index (χ2n) is 13.7. The number of aliphatic hydroxyl groups excluding tert-OH is 2. The van der Waals surface area contributed by atoms with Gasteiger partial charge in [-0.2, -0.15) is 0 Å². The van der Waals surface area contributed by atoms with Crippen LogP contribution in [0.25, 0.3) is 0 Å². The number of anilines is 2. The van der Waals surface area contributed by atoms with Crippen molar-refractivity contribution in [1.29, 1.82) is 0 Å². The lowest BCUT2D eigenvalue weighted by Crippen LogP contribution is -2.58. The summed E-state index contributed by atoms with van der Waals surface area (Å²) in [6.07, 6.45) is 9.53. The predicted octanol–water partition coefficient (Wildman–Crippen LogP) is 5.99. The molecule has 10 unspecified atom stereocenters. The van der Waals surface area contributed by atoms with Gasteiger partial charge in [-0.25, -0.2) is 0 Å². The van der Waals surface area contributed by atoms with Crippen molar-refractivity contribution in [2.75, 3.05) is 10.6 Å². The van der Waals surface area contributed by atoms with E-state index in [1.54, 1.807) is 12.1 Å². The van der Waals surface area contributed by atoms with Crippen molar-refractivity contribution < 1.29 is 19.8 Å². The molecule has 4 saturated carbocycles. The molecule has 5 rings (SSSR count). The van der Waals surface area contributed by atoms with E-state index in [4.69, 9.17) is 0 Å². The first-order chi connectivity index (χ1) is 18.0. The van der Waals surface area contributed by atoms with Crippen molar-refractivity contribution >= 4 is 23.2 Å². The average molecular weight is 525 g/mol. The normalized spacial score (nSPS) is 40.8. The van der Waals surface area contributed by atoms with Crippen LogP contribution in [0, 0.1) is 46.3 Å². The summed E-state index contributed by atoms with van der Waals surface area (Å²) < 4.78 is 0. The molecule has 0 radical (unpaired) electrons. The van der Waals surface area contributed by atoms with Crippen LogP contribution in [0.3, 0.4) is 0 Å². The lowest BCUT2D eigenvalue weighted by Gasteiger charge is -2.62. The second-order valence-corrected chi connectivity index (χ2v) is 13.7. The molecule has 4 aliphatic rings. The van der Waals surface area contributed by atoms with Gasteiger partial charge in [-0.1, -0.05) is 20.8 Å². The number of carbonyl (C=O) groups excluding carboxylic acids is 2. The minimum absolute atomic E-state index is 0.0128. The van der Waals surface area contributed by atoms with Crippen molar-refractivity contribution in [3.05, 3.63) is 24.3 Å². The maximum atomic E-state index is 12.8. The van der Waals surface area contributed by atoms with Gasteiger partial charge in [-0.15, -0.1) is 0 Å². The van der Waals surface area contributed by atoms with Gasteiger partial charge < -0.3 is 20.8 Å². The van der Waals surface area contributed by atoms with Crippen LogP contribution >= 0.6 is 0 Å². The molecular weight excluding hydrogens is 476 g/mol. The number of carbonyl (C=O) groups is 2. The highest BCUT2D eigenvalue weighted by Crippen LogP contribution is 2.68. The van der Waals surface area contributed by atoms with Gasteiger partial charge in [0, 0.05) is 24.7 Å². The van der Waals surface area contributed by atoms with Gasteiger partial charge in [0.25, 0.3) is 0 Å². The van der Waals surface area contributed by atoms with Crippen LogP contribution in [-0.2, 0) is 9.59 Å². The lowest BCUT2D eigenvalue weighted by atomic mass is 9.43. The molecule has 0 heterocycles. The van der Waals surface area contributed by atoms with E-state index in [0.717, 1.165) is 44.2 Å². The molecule has 2 amide bonds. The van der Waals surface area contributed by atoms with Crippen LogP contribution in [0.5, 0.6) is 0 Å². The Labute approximate surface area is 228 Å². The zero-order chi connectivity index (χ0) is 27.2. The zero-order valence-corrected chi connectivity index (χ0v) is 23.7. The molecule has 0 aliphatic heterocycles. The maximum absolute atomic E-state index is 12.8. The Morgan fingerprint density at radius 3 is 2.32 bits per heavy atom. The number of hydrogen-bond donors (Lipinski definition) is 4. The number of aliphatic hydroxyl groups is 2. The van der Waals surface area contributed by atoms with Gasteiger partial charge in [0.2, 0.25) is 11.8 Å². The summed E-state index contributed by atoms with van der Waals surface area (Å²) in [6, 6.07) is 7.21. The van der Waals surface area contributed by atoms with Crippen molar-refractivity contribution in [2.24, 2.45) is 46.3 Å². The molecule has 0 saturated heterocycles. The minimum atomic E-state index is -0.290. The SMILES string of the molecule is CC(=O)Nc1ccc(NC(=O)CCC(C)C2CCC3C4CCC5CC(O)CCC5(C)C4CC(O)C23C)cc1. The summed E-state index contributed by atoms with van der Waals surface area (Å²) in [4.78, 5) is 24.0. The van der Waals surface area contributed by atoms with Crippen LogP contribution < -0.4 is 10.6 Å². The predicted molar refractivity (Wildman–Crippen MR) is 150 cm³/mol. The van der Waals surface area contributed by atoms with E-state index >= 15 is 0 Å². The molecule has 210 valence electrons. The summed E-state index contributed by atoms with van der Waals surface area (Å²) in [6.45, 7) is 8.59. The number of amides is 2. The third-order valence-corrected chi connectivity index (χ3v) is 11.8. The van der Waals surface area contributed by atoms with Crippen LogP contribution in [0.2, 0.25) is 0 Å². The number of rotatable bonds is 6. The van der Waals surface area contributed by atoms with Crippen molar-refractivity contribution in [1.82, 2.24) is 0 Å².